The summed E-state index contributed by atoms with van der Waals surface area (Å²) in [7, 11) is 0. The smallest absolute Gasteiger partial charge is 0.00551 e. The first-order chi connectivity index (χ1) is 6.88. The number of allylic oxidation sites excluding steroid dienone is 1. The van der Waals surface area contributed by atoms with Crippen LogP contribution in [0.1, 0.15) is 48.8 Å². The Hall–Kier alpha value is -1.04. The van der Waals surface area contributed by atoms with Gasteiger partial charge in [-0.15, -0.1) is 0 Å². The number of hydrogen-bond acceptors (Lipinski definition) is 0. The van der Waals surface area contributed by atoms with Gasteiger partial charge in [0, 0.05) is 0 Å². The van der Waals surface area contributed by atoms with Crippen LogP contribution in [-0.2, 0) is 6.42 Å². The lowest BCUT2D eigenvalue weighted by Gasteiger charge is -2.06. The summed E-state index contributed by atoms with van der Waals surface area (Å²) >= 11 is 0. The van der Waals surface area contributed by atoms with Gasteiger partial charge in [-0.05, 0) is 48.3 Å². The second kappa shape index (κ2) is 2.98. The van der Waals surface area contributed by atoms with Crippen LogP contribution in [0.15, 0.2) is 23.8 Å². The third kappa shape index (κ3) is 1.21. The quantitative estimate of drug-likeness (QED) is 0.653. The van der Waals surface area contributed by atoms with Crippen LogP contribution in [0.3, 0.4) is 0 Å². The van der Waals surface area contributed by atoms with E-state index in [1.54, 1.807) is 16.7 Å². The van der Waals surface area contributed by atoms with Crippen molar-refractivity contribution in [2.24, 2.45) is 0 Å². The maximum atomic E-state index is 2.39. The van der Waals surface area contributed by atoms with Crippen LogP contribution >= 0.6 is 0 Å². The summed E-state index contributed by atoms with van der Waals surface area (Å²) in [6.45, 7) is 2.26. The topological polar surface area (TPSA) is 0 Å². The molecule has 2 aliphatic carbocycles. The molecule has 0 unspecified atom stereocenters. The van der Waals surface area contributed by atoms with E-state index < -0.39 is 0 Å². The van der Waals surface area contributed by atoms with Gasteiger partial charge in [-0.2, -0.15) is 0 Å². The van der Waals surface area contributed by atoms with Crippen LogP contribution in [0.25, 0.3) is 6.08 Å². The summed E-state index contributed by atoms with van der Waals surface area (Å²) in [6.07, 6.45) is 7.65. The fourth-order valence-electron chi connectivity index (χ4n) is 2.46. The SMILES string of the molecule is CCC1=Cc2cccc(C3CC3)c2C1. The van der Waals surface area contributed by atoms with Crippen molar-refractivity contribution in [1.82, 2.24) is 0 Å². The molecule has 0 atom stereocenters. The van der Waals surface area contributed by atoms with Crippen LogP contribution in [0.4, 0.5) is 0 Å². The molecule has 3 rings (SSSR count). The average Bonchev–Trinajstić information content (AvgIpc) is 2.96. The molecule has 0 heterocycles. The van der Waals surface area contributed by atoms with Crippen molar-refractivity contribution in [3.63, 3.8) is 0 Å². The Morgan fingerprint density at radius 2 is 2.14 bits per heavy atom. The number of hydrogen-bond donors (Lipinski definition) is 0. The first-order valence-electron chi connectivity index (χ1n) is 5.69. The fourth-order valence-corrected chi connectivity index (χ4v) is 2.46. The number of benzene rings is 1. The van der Waals surface area contributed by atoms with Crippen molar-refractivity contribution >= 4 is 6.08 Å². The van der Waals surface area contributed by atoms with Gasteiger partial charge in [0.2, 0.25) is 0 Å². The minimum Gasteiger partial charge on any atom is -0.0655 e. The molecule has 2 aliphatic rings. The van der Waals surface area contributed by atoms with Gasteiger partial charge in [0.1, 0.15) is 0 Å². The van der Waals surface area contributed by atoms with Gasteiger partial charge in [0.05, 0.1) is 0 Å². The van der Waals surface area contributed by atoms with Gasteiger partial charge < -0.3 is 0 Å². The lowest BCUT2D eigenvalue weighted by molar-refractivity contribution is 1.00. The van der Waals surface area contributed by atoms with Crippen molar-refractivity contribution in [3.05, 3.63) is 40.5 Å². The molecule has 0 heteroatoms. The summed E-state index contributed by atoms with van der Waals surface area (Å²) in [6, 6.07) is 6.83. The van der Waals surface area contributed by atoms with Crippen molar-refractivity contribution in [1.29, 1.82) is 0 Å². The summed E-state index contributed by atoms with van der Waals surface area (Å²) in [5.41, 5.74) is 6.37. The zero-order chi connectivity index (χ0) is 9.54. The minimum absolute atomic E-state index is 0.898. The maximum absolute atomic E-state index is 2.39. The molecule has 1 fully saturated rings. The van der Waals surface area contributed by atoms with Gasteiger partial charge in [-0.25, -0.2) is 0 Å². The van der Waals surface area contributed by atoms with Crippen molar-refractivity contribution < 1.29 is 0 Å². The third-order valence-corrected chi connectivity index (χ3v) is 3.48. The second-order valence-electron chi connectivity index (χ2n) is 4.52. The molecule has 0 radical (unpaired) electrons. The molecule has 0 bridgehead atoms. The van der Waals surface area contributed by atoms with Gasteiger partial charge in [-0.3, -0.25) is 0 Å². The Balaban J connectivity index is 2.03. The van der Waals surface area contributed by atoms with E-state index in [1.165, 1.54) is 31.2 Å². The molecule has 1 aromatic rings. The molecular formula is C14H16. The number of fused-ring (bicyclic) bond motifs is 1. The molecular weight excluding hydrogens is 168 g/mol. The first-order valence-corrected chi connectivity index (χ1v) is 5.69. The molecule has 1 saturated carbocycles. The predicted molar refractivity (Wildman–Crippen MR) is 60.4 cm³/mol. The molecule has 0 aliphatic heterocycles. The molecule has 1 aromatic carbocycles. The van der Waals surface area contributed by atoms with E-state index >= 15 is 0 Å². The standard InChI is InChI=1S/C14H16/c1-2-10-8-12-4-3-5-13(11-6-7-11)14(12)9-10/h3-5,8,11H,2,6-7,9H2,1H3. The molecule has 0 aromatic heterocycles. The highest BCUT2D eigenvalue weighted by molar-refractivity contribution is 5.66. The van der Waals surface area contributed by atoms with Crippen LogP contribution < -0.4 is 0 Å². The van der Waals surface area contributed by atoms with Crippen molar-refractivity contribution in [2.45, 2.75) is 38.5 Å². The average molecular weight is 184 g/mol. The van der Waals surface area contributed by atoms with Gasteiger partial charge >= 0.3 is 0 Å². The summed E-state index contributed by atoms with van der Waals surface area (Å²) < 4.78 is 0. The molecule has 72 valence electrons. The summed E-state index contributed by atoms with van der Waals surface area (Å²) in [5.74, 6) is 0.898. The molecule has 14 heavy (non-hydrogen) atoms. The van der Waals surface area contributed by atoms with E-state index in [0.29, 0.717) is 0 Å². The van der Waals surface area contributed by atoms with E-state index in [9.17, 15) is 0 Å². The summed E-state index contributed by atoms with van der Waals surface area (Å²) in [4.78, 5) is 0. The Labute approximate surface area is 85.6 Å². The lowest BCUT2D eigenvalue weighted by atomic mass is 9.98. The number of rotatable bonds is 2. The molecule has 0 spiro atoms. The van der Waals surface area contributed by atoms with E-state index in [4.69, 9.17) is 0 Å². The van der Waals surface area contributed by atoms with Crippen LogP contribution in [0.5, 0.6) is 0 Å². The second-order valence-corrected chi connectivity index (χ2v) is 4.52. The highest BCUT2D eigenvalue weighted by Gasteiger charge is 2.27. The zero-order valence-corrected chi connectivity index (χ0v) is 8.72. The normalized spacial score (nSPS) is 19.4. The Kier molecular flexibility index (Phi) is 1.76. The first kappa shape index (κ1) is 8.28. The minimum atomic E-state index is 0.898. The van der Waals surface area contributed by atoms with E-state index in [-0.39, 0.29) is 0 Å². The van der Waals surface area contributed by atoms with Gasteiger partial charge in [0.15, 0.2) is 0 Å². The fraction of sp³-hybridized carbons (Fsp3) is 0.429. The highest BCUT2D eigenvalue weighted by Crippen LogP contribution is 2.44. The maximum Gasteiger partial charge on any atom is -0.00551 e. The van der Waals surface area contributed by atoms with Crippen molar-refractivity contribution in [2.75, 3.05) is 0 Å². The summed E-state index contributed by atoms with van der Waals surface area (Å²) in [5, 5.41) is 0. The van der Waals surface area contributed by atoms with Crippen LogP contribution in [0, 0.1) is 0 Å². The molecule has 0 amide bonds. The highest BCUT2D eigenvalue weighted by atomic mass is 14.3. The largest absolute Gasteiger partial charge is 0.0655 e. The third-order valence-electron chi connectivity index (χ3n) is 3.48. The Bertz CT molecular complexity index is 394. The zero-order valence-electron chi connectivity index (χ0n) is 8.72. The van der Waals surface area contributed by atoms with Crippen molar-refractivity contribution in [3.8, 4) is 0 Å². The van der Waals surface area contributed by atoms with Gasteiger partial charge in [-0.1, -0.05) is 36.8 Å². The Morgan fingerprint density at radius 1 is 1.29 bits per heavy atom. The van der Waals surface area contributed by atoms with E-state index in [1.807, 2.05) is 0 Å². The molecule has 0 nitrogen and oxygen atoms in total. The molecule has 0 N–H and O–H groups in total. The van der Waals surface area contributed by atoms with Crippen LogP contribution in [-0.4, -0.2) is 0 Å². The van der Waals surface area contributed by atoms with Gasteiger partial charge in [0.25, 0.3) is 0 Å². The van der Waals surface area contributed by atoms with Crippen LogP contribution in [0.2, 0.25) is 0 Å². The van der Waals surface area contributed by atoms with E-state index in [0.717, 1.165) is 5.92 Å². The molecule has 0 saturated heterocycles. The lowest BCUT2D eigenvalue weighted by Crippen LogP contribution is -1.91. The monoisotopic (exact) mass is 184 g/mol. The van der Waals surface area contributed by atoms with E-state index in [2.05, 4.69) is 31.2 Å². The Morgan fingerprint density at radius 3 is 2.86 bits per heavy atom. The predicted octanol–water partition coefficient (Wildman–Crippen LogP) is 3.91.